The van der Waals surface area contributed by atoms with E-state index in [1.165, 1.54) is 16.2 Å². The van der Waals surface area contributed by atoms with E-state index in [-0.39, 0.29) is 4.90 Å². The van der Waals surface area contributed by atoms with Crippen LogP contribution in [0.15, 0.2) is 54.1 Å². The largest absolute Gasteiger partial charge is 0.268 e. The van der Waals surface area contributed by atoms with Crippen LogP contribution in [-0.4, -0.2) is 12.4 Å². The fourth-order valence-corrected chi connectivity index (χ4v) is 2.93. The van der Waals surface area contributed by atoms with Crippen LogP contribution in [-0.2, 0) is 10.0 Å². The molecule has 0 radical (unpaired) electrons. The molecule has 0 aliphatic heterocycles. The second kappa shape index (κ2) is 4.22. The highest BCUT2D eigenvalue weighted by atomic mass is 32.2. The summed E-state index contributed by atoms with van der Waals surface area (Å²) in [6.07, 6.45) is 3.04. The maximum atomic E-state index is 12.3. The van der Waals surface area contributed by atoms with Crippen LogP contribution in [0.4, 0.5) is 0 Å². The third kappa shape index (κ3) is 2.03. The summed E-state index contributed by atoms with van der Waals surface area (Å²) in [5.41, 5.74) is 1.59. The minimum absolute atomic E-state index is 0.280. The van der Waals surface area contributed by atoms with Gasteiger partial charge in [0.2, 0.25) is 0 Å². The van der Waals surface area contributed by atoms with Crippen LogP contribution in [0.5, 0.6) is 0 Å². The number of rotatable bonds is 3. The first kappa shape index (κ1) is 11.7. The molecule has 0 unspecified atom stereocenters. The van der Waals surface area contributed by atoms with Crippen molar-refractivity contribution in [2.45, 2.75) is 11.8 Å². The highest BCUT2D eigenvalue weighted by molar-refractivity contribution is 7.90. The van der Waals surface area contributed by atoms with Crippen LogP contribution in [0.3, 0.4) is 0 Å². The molecule has 0 saturated carbocycles. The van der Waals surface area contributed by atoms with Gasteiger partial charge in [-0.3, -0.25) is 0 Å². The van der Waals surface area contributed by atoms with Crippen LogP contribution in [0.2, 0.25) is 0 Å². The van der Waals surface area contributed by atoms with Crippen LogP contribution < -0.4 is 0 Å². The van der Waals surface area contributed by atoms with E-state index in [0.29, 0.717) is 5.69 Å². The molecule has 0 aliphatic carbocycles. The molecule has 0 saturated heterocycles. The molecular weight excluding hydrogens is 234 g/mol. The molecular formula is C13H13NO2S. The predicted octanol–water partition coefficient (Wildman–Crippen LogP) is 2.68. The Kier molecular flexibility index (Phi) is 2.90. The van der Waals surface area contributed by atoms with E-state index in [1.807, 2.05) is 6.92 Å². The summed E-state index contributed by atoms with van der Waals surface area (Å²) < 4.78 is 25.8. The van der Waals surface area contributed by atoms with Crippen molar-refractivity contribution in [3.05, 3.63) is 60.4 Å². The van der Waals surface area contributed by atoms with Gasteiger partial charge in [-0.1, -0.05) is 24.3 Å². The smallest absolute Gasteiger partial charge is 0.242 e. The molecule has 1 heterocycles. The van der Waals surface area contributed by atoms with Gasteiger partial charge in [0.25, 0.3) is 10.0 Å². The van der Waals surface area contributed by atoms with Crippen LogP contribution >= 0.6 is 0 Å². The van der Waals surface area contributed by atoms with E-state index in [4.69, 9.17) is 0 Å². The quantitative estimate of drug-likeness (QED) is 0.836. The van der Waals surface area contributed by atoms with Crippen molar-refractivity contribution >= 4 is 16.1 Å². The molecule has 0 atom stereocenters. The fourth-order valence-electron chi connectivity index (χ4n) is 1.58. The van der Waals surface area contributed by atoms with E-state index >= 15 is 0 Å². The zero-order valence-corrected chi connectivity index (χ0v) is 10.3. The van der Waals surface area contributed by atoms with Crippen molar-refractivity contribution in [1.29, 1.82) is 0 Å². The summed E-state index contributed by atoms with van der Waals surface area (Å²) in [7, 11) is -3.51. The lowest BCUT2D eigenvalue weighted by molar-refractivity contribution is 0.587. The van der Waals surface area contributed by atoms with Crippen molar-refractivity contribution in [2.75, 3.05) is 0 Å². The maximum absolute atomic E-state index is 12.3. The van der Waals surface area contributed by atoms with Gasteiger partial charge in [0.05, 0.1) is 10.6 Å². The highest BCUT2D eigenvalue weighted by Crippen LogP contribution is 2.17. The Hall–Kier alpha value is -1.81. The van der Waals surface area contributed by atoms with Crippen molar-refractivity contribution in [1.82, 2.24) is 3.97 Å². The molecule has 1 aromatic heterocycles. The topological polar surface area (TPSA) is 39.1 Å². The van der Waals surface area contributed by atoms with Gasteiger partial charge in [0.15, 0.2) is 0 Å². The Morgan fingerprint density at radius 1 is 1.18 bits per heavy atom. The number of aryl methyl sites for hydroxylation is 1. The van der Waals surface area contributed by atoms with Gasteiger partial charge >= 0.3 is 0 Å². The van der Waals surface area contributed by atoms with Gasteiger partial charge in [-0.2, -0.15) is 0 Å². The van der Waals surface area contributed by atoms with Crippen molar-refractivity contribution < 1.29 is 8.42 Å². The van der Waals surface area contributed by atoms with Gasteiger partial charge in [-0.05, 0) is 37.3 Å². The summed E-state index contributed by atoms with van der Waals surface area (Å²) in [5.74, 6) is 0. The number of hydrogen-bond donors (Lipinski definition) is 0. The van der Waals surface area contributed by atoms with Crippen LogP contribution in [0.1, 0.15) is 11.3 Å². The van der Waals surface area contributed by atoms with Crippen LogP contribution in [0, 0.1) is 6.92 Å². The van der Waals surface area contributed by atoms with Crippen molar-refractivity contribution in [2.24, 2.45) is 0 Å². The Balaban J connectivity index is 2.57. The second-order valence-electron chi connectivity index (χ2n) is 3.75. The van der Waals surface area contributed by atoms with Gasteiger partial charge in [-0.25, -0.2) is 12.4 Å². The summed E-state index contributed by atoms with van der Waals surface area (Å²) in [6, 6.07) is 10.2. The molecule has 0 N–H and O–H groups in total. The summed E-state index contributed by atoms with van der Waals surface area (Å²) in [6.45, 7) is 5.52. The third-order valence-corrected chi connectivity index (χ3v) is 4.25. The molecule has 0 bridgehead atoms. The Labute approximate surface area is 101 Å². The lowest BCUT2D eigenvalue weighted by Gasteiger charge is -2.08. The molecule has 2 rings (SSSR count). The molecule has 0 amide bonds. The van der Waals surface area contributed by atoms with Gasteiger partial charge in [0, 0.05) is 6.20 Å². The fraction of sp³-hybridized carbons (Fsp3) is 0.0769. The molecule has 3 nitrogen and oxygen atoms in total. The van der Waals surface area contributed by atoms with E-state index in [2.05, 4.69) is 6.58 Å². The van der Waals surface area contributed by atoms with Crippen LogP contribution in [0.25, 0.3) is 6.08 Å². The van der Waals surface area contributed by atoms with E-state index in [9.17, 15) is 8.42 Å². The normalized spacial score (nSPS) is 11.4. The number of hydrogen-bond acceptors (Lipinski definition) is 2. The molecule has 0 spiro atoms. The molecule has 1 aromatic carbocycles. The lowest BCUT2D eigenvalue weighted by Crippen LogP contribution is -2.13. The molecule has 17 heavy (non-hydrogen) atoms. The van der Waals surface area contributed by atoms with Gasteiger partial charge in [0.1, 0.15) is 0 Å². The maximum Gasteiger partial charge on any atom is 0.268 e. The zero-order valence-electron chi connectivity index (χ0n) is 9.50. The van der Waals surface area contributed by atoms with E-state index in [1.54, 1.807) is 36.4 Å². The zero-order chi connectivity index (χ0) is 12.5. The summed E-state index contributed by atoms with van der Waals surface area (Å²) >= 11 is 0. The molecule has 4 heteroatoms. The highest BCUT2D eigenvalue weighted by Gasteiger charge is 2.17. The molecule has 88 valence electrons. The average molecular weight is 247 g/mol. The third-order valence-electron chi connectivity index (χ3n) is 2.53. The predicted molar refractivity (Wildman–Crippen MR) is 68.3 cm³/mol. The standard InChI is InChI=1S/C13H13NO2S/c1-3-12-5-4-10-14(12)17(15,16)13-8-6-11(2)7-9-13/h3-10H,1H2,2H3. The van der Waals surface area contributed by atoms with Gasteiger partial charge in [-0.15, -0.1) is 0 Å². The molecule has 0 aliphatic rings. The molecule has 2 aromatic rings. The SMILES string of the molecule is C=Cc1cccn1S(=O)(=O)c1ccc(C)cc1. The van der Waals surface area contributed by atoms with Crippen molar-refractivity contribution in [3.63, 3.8) is 0 Å². The Morgan fingerprint density at radius 2 is 1.82 bits per heavy atom. The summed E-state index contributed by atoms with van der Waals surface area (Å²) in [5, 5.41) is 0. The number of nitrogens with zero attached hydrogens (tertiary/aromatic N) is 1. The summed E-state index contributed by atoms with van der Waals surface area (Å²) in [4.78, 5) is 0.280. The Bertz CT molecular complexity index is 636. The molecule has 0 fully saturated rings. The minimum Gasteiger partial charge on any atom is -0.242 e. The number of benzene rings is 1. The average Bonchev–Trinajstić information content (AvgIpc) is 2.78. The first-order valence-electron chi connectivity index (χ1n) is 5.18. The van der Waals surface area contributed by atoms with E-state index in [0.717, 1.165) is 5.56 Å². The van der Waals surface area contributed by atoms with E-state index < -0.39 is 10.0 Å². The Morgan fingerprint density at radius 3 is 2.41 bits per heavy atom. The minimum atomic E-state index is -3.51. The second-order valence-corrected chi connectivity index (χ2v) is 5.57. The van der Waals surface area contributed by atoms with Gasteiger partial charge < -0.3 is 0 Å². The lowest BCUT2D eigenvalue weighted by atomic mass is 10.2. The monoisotopic (exact) mass is 247 g/mol. The van der Waals surface area contributed by atoms with Crippen molar-refractivity contribution in [3.8, 4) is 0 Å². The first-order chi connectivity index (χ1) is 8.05. The first-order valence-corrected chi connectivity index (χ1v) is 6.62. The number of aromatic nitrogens is 1.